The number of phenolic OH excluding ortho intramolecular Hbond substituents is 1. The number of amides is 1. The van der Waals surface area contributed by atoms with Crippen molar-refractivity contribution in [2.24, 2.45) is 0 Å². The van der Waals surface area contributed by atoms with Gasteiger partial charge in [0.25, 0.3) is 0 Å². The van der Waals surface area contributed by atoms with Crippen LogP contribution >= 0.6 is 11.8 Å². The van der Waals surface area contributed by atoms with E-state index in [1.54, 1.807) is 17.0 Å². The van der Waals surface area contributed by atoms with E-state index in [9.17, 15) is 9.90 Å². The van der Waals surface area contributed by atoms with Crippen molar-refractivity contribution in [3.63, 3.8) is 0 Å². The fourth-order valence-corrected chi connectivity index (χ4v) is 2.77. The summed E-state index contributed by atoms with van der Waals surface area (Å²) in [5, 5.41) is 9.23. The third-order valence-electron chi connectivity index (χ3n) is 3.29. The molecule has 0 unspecified atom stereocenters. The van der Waals surface area contributed by atoms with Crippen molar-refractivity contribution in [3.05, 3.63) is 59.7 Å². The van der Waals surface area contributed by atoms with Crippen LogP contribution in [-0.4, -0.2) is 28.7 Å². The van der Waals surface area contributed by atoms with E-state index < -0.39 is 0 Å². The molecule has 2 rings (SSSR count). The molecule has 0 aromatic heterocycles. The molecule has 0 bridgehead atoms. The van der Waals surface area contributed by atoms with Gasteiger partial charge in [0.05, 0.1) is 5.75 Å². The van der Waals surface area contributed by atoms with Crippen LogP contribution in [0.2, 0.25) is 0 Å². The molecule has 0 aliphatic carbocycles. The van der Waals surface area contributed by atoms with Gasteiger partial charge in [0.1, 0.15) is 5.75 Å². The lowest BCUT2D eigenvalue weighted by Crippen LogP contribution is -2.28. The molecule has 0 fully saturated rings. The van der Waals surface area contributed by atoms with Crippen LogP contribution in [0, 0.1) is 6.92 Å². The number of hydrogen-bond donors (Lipinski definition) is 1. The molecule has 0 saturated heterocycles. The highest BCUT2D eigenvalue weighted by atomic mass is 32.2. The number of benzene rings is 2. The van der Waals surface area contributed by atoms with Crippen molar-refractivity contribution >= 4 is 17.7 Å². The zero-order valence-electron chi connectivity index (χ0n) is 12.2. The van der Waals surface area contributed by atoms with Crippen LogP contribution in [0.4, 0.5) is 0 Å². The normalized spacial score (nSPS) is 10.4. The highest BCUT2D eigenvalue weighted by molar-refractivity contribution is 8.00. The predicted octanol–water partition coefficient (Wildman–Crippen LogP) is 3.45. The molecule has 110 valence electrons. The molecule has 4 heteroatoms. The van der Waals surface area contributed by atoms with Gasteiger partial charge in [-0.15, -0.1) is 11.8 Å². The second-order valence-electron chi connectivity index (χ2n) is 4.96. The van der Waals surface area contributed by atoms with Crippen molar-refractivity contribution < 1.29 is 9.90 Å². The second kappa shape index (κ2) is 7.18. The van der Waals surface area contributed by atoms with Crippen LogP contribution in [0.5, 0.6) is 5.75 Å². The summed E-state index contributed by atoms with van der Waals surface area (Å²) in [6.45, 7) is 2.68. The number of nitrogens with zero attached hydrogens (tertiary/aromatic N) is 1. The third kappa shape index (κ3) is 4.53. The molecule has 0 radical (unpaired) electrons. The molecule has 0 aliphatic rings. The SMILES string of the molecule is Cc1ccccc1CN(C)C(=O)CSc1ccc(O)cc1. The number of aromatic hydroxyl groups is 1. The summed E-state index contributed by atoms with van der Waals surface area (Å²) in [7, 11) is 1.83. The summed E-state index contributed by atoms with van der Waals surface area (Å²) >= 11 is 1.48. The summed E-state index contributed by atoms with van der Waals surface area (Å²) < 4.78 is 0. The van der Waals surface area contributed by atoms with Gasteiger partial charge in [-0.1, -0.05) is 24.3 Å². The Hall–Kier alpha value is -1.94. The van der Waals surface area contributed by atoms with Crippen LogP contribution < -0.4 is 0 Å². The first-order valence-electron chi connectivity index (χ1n) is 6.76. The van der Waals surface area contributed by atoms with Gasteiger partial charge in [-0.05, 0) is 42.3 Å². The number of carbonyl (C=O) groups is 1. The number of rotatable bonds is 5. The molecular weight excluding hydrogens is 282 g/mol. The summed E-state index contributed by atoms with van der Waals surface area (Å²) in [5.74, 6) is 0.728. The lowest BCUT2D eigenvalue weighted by molar-refractivity contribution is -0.127. The van der Waals surface area contributed by atoms with E-state index in [1.165, 1.54) is 22.9 Å². The van der Waals surface area contributed by atoms with Crippen molar-refractivity contribution in [1.29, 1.82) is 0 Å². The Kier molecular flexibility index (Phi) is 5.28. The Labute approximate surface area is 129 Å². The van der Waals surface area contributed by atoms with Gasteiger partial charge in [0.15, 0.2) is 0 Å². The van der Waals surface area contributed by atoms with Crippen LogP contribution in [0.15, 0.2) is 53.4 Å². The Morgan fingerprint density at radius 1 is 1.14 bits per heavy atom. The summed E-state index contributed by atoms with van der Waals surface area (Å²) in [6, 6.07) is 15.0. The van der Waals surface area contributed by atoms with E-state index in [1.807, 2.05) is 37.4 Å². The van der Waals surface area contributed by atoms with Gasteiger partial charge >= 0.3 is 0 Å². The number of carbonyl (C=O) groups excluding carboxylic acids is 1. The largest absolute Gasteiger partial charge is 0.508 e. The van der Waals surface area contributed by atoms with Crippen LogP contribution in [-0.2, 0) is 11.3 Å². The molecule has 1 amide bonds. The van der Waals surface area contributed by atoms with Crippen LogP contribution in [0.3, 0.4) is 0 Å². The molecule has 0 aliphatic heterocycles. The van der Waals surface area contributed by atoms with E-state index in [0.717, 1.165) is 4.90 Å². The minimum Gasteiger partial charge on any atom is -0.508 e. The zero-order chi connectivity index (χ0) is 15.2. The van der Waals surface area contributed by atoms with Gasteiger partial charge in [0.2, 0.25) is 5.91 Å². The topological polar surface area (TPSA) is 40.5 Å². The first kappa shape index (κ1) is 15.4. The molecular formula is C17H19NO2S. The summed E-state index contributed by atoms with van der Waals surface area (Å²) in [6.07, 6.45) is 0. The van der Waals surface area contributed by atoms with Gasteiger partial charge < -0.3 is 10.0 Å². The monoisotopic (exact) mass is 301 g/mol. The number of aryl methyl sites for hydroxylation is 1. The van der Waals surface area contributed by atoms with Crippen molar-refractivity contribution in [2.75, 3.05) is 12.8 Å². The Morgan fingerprint density at radius 2 is 1.81 bits per heavy atom. The fraction of sp³-hybridized carbons (Fsp3) is 0.235. The smallest absolute Gasteiger partial charge is 0.232 e. The van der Waals surface area contributed by atoms with Crippen molar-refractivity contribution in [3.8, 4) is 5.75 Å². The Morgan fingerprint density at radius 3 is 2.48 bits per heavy atom. The van der Waals surface area contributed by atoms with E-state index in [4.69, 9.17) is 0 Å². The lowest BCUT2D eigenvalue weighted by Gasteiger charge is -2.18. The number of hydrogen-bond acceptors (Lipinski definition) is 3. The Balaban J connectivity index is 1.88. The molecule has 0 atom stereocenters. The van der Waals surface area contributed by atoms with Gasteiger partial charge in [-0.3, -0.25) is 4.79 Å². The molecule has 21 heavy (non-hydrogen) atoms. The first-order chi connectivity index (χ1) is 10.1. The predicted molar refractivity (Wildman–Crippen MR) is 86.5 cm³/mol. The molecule has 2 aromatic carbocycles. The molecule has 0 spiro atoms. The maximum Gasteiger partial charge on any atom is 0.232 e. The maximum atomic E-state index is 12.2. The Bertz CT molecular complexity index is 610. The highest BCUT2D eigenvalue weighted by Gasteiger charge is 2.10. The minimum atomic E-state index is 0.0938. The minimum absolute atomic E-state index is 0.0938. The molecule has 2 aromatic rings. The second-order valence-corrected chi connectivity index (χ2v) is 6.01. The van der Waals surface area contributed by atoms with E-state index >= 15 is 0 Å². The number of thioether (sulfide) groups is 1. The molecule has 1 N–H and O–H groups in total. The van der Waals surface area contributed by atoms with E-state index in [-0.39, 0.29) is 11.7 Å². The zero-order valence-corrected chi connectivity index (χ0v) is 13.1. The molecule has 3 nitrogen and oxygen atoms in total. The molecule has 0 heterocycles. The summed E-state index contributed by atoms with van der Waals surface area (Å²) in [4.78, 5) is 14.9. The lowest BCUT2D eigenvalue weighted by atomic mass is 10.1. The molecule has 0 saturated carbocycles. The average molecular weight is 301 g/mol. The van der Waals surface area contributed by atoms with Crippen LogP contribution in [0.25, 0.3) is 0 Å². The van der Waals surface area contributed by atoms with Crippen LogP contribution in [0.1, 0.15) is 11.1 Å². The fourth-order valence-electron chi connectivity index (χ4n) is 1.93. The van der Waals surface area contributed by atoms with E-state index in [2.05, 4.69) is 13.0 Å². The first-order valence-corrected chi connectivity index (χ1v) is 7.75. The average Bonchev–Trinajstić information content (AvgIpc) is 2.48. The quantitative estimate of drug-likeness (QED) is 0.860. The third-order valence-corrected chi connectivity index (χ3v) is 4.29. The van der Waals surface area contributed by atoms with Crippen molar-refractivity contribution in [2.45, 2.75) is 18.4 Å². The van der Waals surface area contributed by atoms with Crippen molar-refractivity contribution in [1.82, 2.24) is 4.90 Å². The number of phenols is 1. The standard InChI is InChI=1S/C17H19NO2S/c1-13-5-3-4-6-14(13)11-18(2)17(20)12-21-16-9-7-15(19)8-10-16/h3-10,19H,11-12H2,1-2H3. The van der Waals surface area contributed by atoms with E-state index in [0.29, 0.717) is 12.3 Å². The maximum absolute atomic E-state index is 12.2. The van der Waals surface area contributed by atoms with Gasteiger partial charge in [0, 0.05) is 18.5 Å². The highest BCUT2D eigenvalue weighted by Crippen LogP contribution is 2.21. The summed E-state index contributed by atoms with van der Waals surface area (Å²) in [5.41, 5.74) is 2.37. The van der Waals surface area contributed by atoms with Gasteiger partial charge in [-0.2, -0.15) is 0 Å². The van der Waals surface area contributed by atoms with Gasteiger partial charge in [-0.25, -0.2) is 0 Å².